The Morgan fingerprint density at radius 3 is 2.38 bits per heavy atom. The van der Waals surface area contributed by atoms with Gasteiger partial charge in [0.2, 0.25) is 21.8 Å². The summed E-state index contributed by atoms with van der Waals surface area (Å²) in [5.41, 5.74) is 2.08. The van der Waals surface area contributed by atoms with Crippen LogP contribution in [0.25, 0.3) is 10.9 Å². The molecular weight excluding hydrogens is 392 g/mol. The highest BCUT2D eigenvalue weighted by Gasteiger charge is 2.23. The molecule has 0 aliphatic heterocycles. The van der Waals surface area contributed by atoms with Gasteiger partial charge in [0, 0.05) is 43.8 Å². The number of likely N-dealkylation sites (N-methyl/N-ethyl adjacent to an activating group) is 1. The Balaban J connectivity index is 1.71. The fraction of sp³-hybridized carbons (Fsp3) is 0.200. The number of nitrogens with one attached hydrogen (secondary N) is 2. The molecule has 9 heteroatoms. The molecule has 0 fully saturated rings. The third-order valence-electron chi connectivity index (χ3n) is 4.45. The van der Waals surface area contributed by atoms with Gasteiger partial charge in [-0.15, -0.1) is 0 Å². The van der Waals surface area contributed by atoms with E-state index >= 15 is 0 Å². The molecule has 0 atom stereocenters. The van der Waals surface area contributed by atoms with Crippen LogP contribution in [0.5, 0.6) is 0 Å². The number of benzene rings is 2. The molecular formula is C20H22N4O4S. The minimum atomic E-state index is -3.85. The van der Waals surface area contributed by atoms with E-state index in [-0.39, 0.29) is 17.3 Å². The molecule has 0 bridgehead atoms. The van der Waals surface area contributed by atoms with Crippen molar-refractivity contribution < 1.29 is 18.0 Å². The summed E-state index contributed by atoms with van der Waals surface area (Å²) in [4.78, 5) is 23.6. The van der Waals surface area contributed by atoms with Crippen LogP contribution in [0.2, 0.25) is 0 Å². The number of amides is 2. The van der Waals surface area contributed by atoms with Crippen LogP contribution < -0.4 is 10.6 Å². The van der Waals surface area contributed by atoms with Crippen LogP contribution in [0.4, 0.5) is 11.4 Å². The van der Waals surface area contributed by atoms with Crippen LogP contribution >= 0.6 is 0 Å². The van der Waals surface area contributed by atoms with Gasteiger partial charge in [-0.2, -0.15) is 4.31 Å². The Kier molecular flexibility index (Phi) is 5.71. The number of nitrogens with zero attached hydrogens (tertiary/aromatic N) is 2. The smallest absolute Gasteiger partial charge is 0.243 e. The van der Waals surface area contributed by atoms with Crippen molar-refractivity contribution >= 4 is 44.1 Å². The molecule has 29 heavy (non-hydrogen) atoms. The van der Waals surface area contributed by atoms with Gasteiger partial charge >= 0.3 is 0 Å². The molecule has 0 aliphatic carbocycles. The second-order valence-electron chi connectivity index (χ2n) is 6.68. The Hall–Kier alpha value is -3.17. The van der Waals surface area contributed by atoms with E-state index in [0.29, 0.717) is 11.4 Å². The molecule has 2 aromatic carbocycles. The minimum Gasteiger partial charge on any atom is -0.350 e. The average Bonchev–Trinajstić information content (AvgIpc) is 3.04. The van der Waals surface area contributed by atoms with Crippen molar-refractivity contribution in [3.8, 4) is 0 Å². The number of hydrogen-bond acceptors (Lipinski definition) is 4. The second kappa shape index (κ2) is 8.06. The highest BCUT2D eigenvalue weighted by Crippen LogP contribution is 2.24. The summed E-state index contributed by atoms with van der Waals surface area (Å²) < 4.78 is 28.4. The van der Waals surface area contributed by atoms with Gasteiger partial charge < -0.3 is 15.2 Å². The lowest BCUT2D eigenvalue weighted by Crippen LogP contribution is -2.35. The van der Waals surface area contributed by atoms with E-state index in [2.05, 4.69) is 10.6 Å². The molecule has 0 aliphatic rings. The summed E-state index contributed by atoms with van der Waals surface area (Å²) in [6.07, 6.45) is 1.89. The van der Waals surface area contributed by atoms with E-state index in [4.69, 9.17) is 0 Å². The third kappa shape index (κ3) is 4.47. The van der Waals surface area contributed by atoms with Crippen LogP contribution in [0, 0.1) is 0 Å². The minimum absolute atomic E-state index is 0.0343. The van der Waals surface area contributed by atoms with Crippen LogP contribution in [-0.4, -0.2) is 42.7 Å². The lowest BCUT2D eigenvalue weighted by atomic mass is 10.2. The number of aryl methyl sites for hydroxylation is 1. The summed E-state index contributed by atoms with van der Waals surface area (Å²) in [7, 11) is -0.599. The molecule has 152 valence electrons. The average molecular weight is 414 g/mol. The lowest BCUT2D eigenvalue weighted by molar-refractivity contribution is -0.116. The fourth-order valence-corrected chi connectivity index (χ4v) is 4.11. The maximum absolute atomic E-state index is 12.7. The van der Waals surface area contributed by atoms with Crippen molar-refractivity contribution in [1.29, 1.82) is 0 Å². The van der Waals surface area contributed by atoms with Crippen LogP contribution in [0.1, 0.15) is 6.92 Å². The van der Waals surface area contributed by atoms with Gasteiger partial charge in [0.15, 0.2) is 0 Å². The summed E-state index contributed by atoms with van der Waals surface area (Å²) in [5.74, 6) is -0.690. The highest BCUT2D eigenvalue weighted by atomic mass is 32.2. The number of rotatable bonds is 6. The van der Waals surface area contributed by atoms with Gasteiger partial charge in [-0.25, -0.2) is 8.42 Å². The molecule has 8 nitrogen and oxygen atoms in total. The topological polar surface area (TPSA) is 101 Å². The zero-order chi connectivity index (χ0) is 21.2. The molecule has 0 saturated carbocycles. The van der Waals surface area contributed by atoms with Gasteiger partial charge in [0.1, 0.15) is 0 Å². The molecule has 0 unspecified atom stereocenters. The van der Waals surface area contributed by atoms with E-state index in [9.17, 15) is 18.0 Å². The molecule has 0 saturated heterocycles. The van der Waals surface area contributed by atoms with Crippen LogP contribution in [-0.2, 0) is 26.7 Å². The quantitative estimate of drug-likeness (QED) is 0.647. The molecule has 1 heterocycles. The molecule has 3 rings (SSSR count). The molecule has 2 N–H and O–H groups in total. The van der Waals surface area contributed by atoms with Gasteiger partial charge in [-0.3, -0.25) is 9.59 Å². The van der Waals surface area contributed by atoms with E-state index < -0.39 is 15.9 Å². The number of carbonyl (C=O) groups is 2. The first-order valence-corrected chi connectivity index (χ1v) is 10.3. The SMILES string of the molecule is CC(=O)Nc1ccc(S(=O)(=O)N(C)CC(=O)Nc2cccc3c2ccn3C)cc1. The van der Waals surface area contributed by atoms with Crippen molar-refractivity contribution in [3.05, 3.63) is 54.7 Å². The van der Waals surface area contributed by atoms with Gasteiger partial charge in [0.05, 0.1) is 17.1 Å². The maximum atomic E-state index is 12.7. The van der Waals surface area contributed by atoms with Crippen molar-refractivity contribution in [2.24, 2.45) is 7.05 Å². The first kappa shape index (κ1) is 20.6. The second-order valence-corrected chi connectivity index (χ2v) is 8.72. The molecule has 1 aromatic heterocycles. The van der Waals surface area contributed by atoms with Crippen molar-refractivity contribution in [2.75, 3.05) is 24.2 Å². The van der Waals surface area contributed by atoms with Crippen LogP contribution in [0.15, 0.2) is 59.6 Å². The van der Waals surface area contributed by atoms with Crippen molar-refractivity contribution in [2.45, 2.75) is 11.8 Å². The monoisotopic (exact) mass is 414 g/mol. The molecule has 0 spiro atoms. The predicted molar refractivity (Wildman–Crippen MR) is 112 cm³/mol. The number of hydrogen-bond donors (Lipinski definition) is 2. The number of carbonyl (C=O) groups excluding carboxylic acids is 2. The predicted octanol–water partition coefficient (Wildman–Crippen LogP) is 2.40. The fourth-order valence-electron chi connectivity index (χ4n) is 2.98. The standard InChI is InChI=1S/C20H22N4O4S/c1-14(25)21-15-7-9-16(10-8-15)29(27,28)24(3)13-20(26)22-18-5-4-6-19-17(18)11-12-23(19)2/h4-12H,13H2,1-3H3,(H,21,25)(H,22,26). The van der Waals surface area contributed by atoms with Crippen LogP contribution in [0.3, 0.4) is 0 Å². The van der Waals surface area contributed by atoms with E-state index in [1.165, 1.54) is 38.2 Å². The van der Waals surface area contributed by atoms with E-state index in [0.717, 1.165) is 15.2 Å². The number of aromatic nitrogens is 1. The summed E-state index contributed by atoms with van der Waals surface area (Å²) in [5, 5.41) is 6.23. The van der Waals surface area contributed by atoms with Gasteiger partial charge in [0.25, 0.3) is 0 Å². The summed E-state index contributed by atoms with van der Waals surface area (Å²) in [6.45, 7) is 1.03. The van der Waals surface area contributed by atoms with Gasteiger partial charge in [-0.1, -0.05) is 6.07 Å². The molecule has 0 radical (unpaired) electrons. The Morgan fingerprint density at radius 2 is 1.72 bits per heavy atom. The highest BCUT2D eigenvalue weighted by molar-refractivity contribution is 7.89. The Labute approximate surface area is 169 Å². The first-order valence-electron chi connectivity index (χ1n) is 8.86. The van der Waals surface area contributed by atoms with Crippen molar-refractivity contribution in [1.82, 2.24) is 8.87 Å². The first-order chi connectivity index (χ1) is 13.7. The summed E-state index contributed by atoms with van der Waals surface area (Å²) in [6, 6.07) is 13.2. The van der Waals surface area contributed by atoms with E-state index in [1.54, 1.807) is 6.07 Å². The number of anilines is 2. The van der Waals surface area contributed by atoms with Crippen molar-refractivity contribution in [3.63, 3.8) is 0 Å². The lowest BCUT2D eigenvalue weighted by Gasteiger charge is -2.17. The summed E-state index contributed by atoms with van der Waals surface area (Å²) >= 11 is 0. The number of fused-ring (bicyclic) bond motifs is 1. The zero-order valence-electron chi connectivity index (χ0n) is 16.3. The molecule has 3 aromatic rings. The Bertz CT molecular complexity index is 1170. The normalized spacial score (nSPS) is 11.6. The van der Waals surface area contributed by atoms with Gasteiger partial charge in [-0.05, 0) is 42.5 Å². The largest absolute Gasteiger partial charge is 0.350 e. The Morgan fingerprint density at radius 1 is 1.03 bits per heavy atom. The number of sulfonamides is 1. The zero-order valence-corrected chi connectivity index (χ0v) is 17.2. The third-order valence-corrected chi connectivity index (χ3v) is 6.27. The van der Waals surface area contributed by atoms with E-state index in [1.807, 2.05) is 36.0 Å². The molecule has 2 amide bonds. The maximum Gasteiger partial charge on any atom is 0.243 e.